The molecule has 1 aromatic carbocycles. The summed E-state index contributed by atoms with van der Waals surface area (Å²) < 4.78 is 13.9. The van der Waals surface area contributed by atoms with E-state index in [4.69, 9.17) is 16.7 Å². The molecule has 1 rings (SSSR count). The van der Waals surface area contributed by atoms with E-state index in [1.807, 2.05) is 0 Å². The molecule has 0 aliphatic carbocycles. The molecule has 0 fully saturated rings. The summed E-state index contributed by atoms with van der Waals surface area (Å²) in [5, 5.41) is 11.2. The SMILES string of the molecule is C[C@@H](NC(=O)C(c1c(F)cccc1Cl)N(C)C)C(=O)O. The Balaban J connectivity index is 3.12. The zero-order valence-electron chi connectivity index (χ0n) is 11.4. The minimum Gasteiger partial charge on any atom is -0.480 e. The van der Waals surface area contributed by atoms with Gasteiger partial charge in [-0.3, -0.25) is 14.5 Å². The van der Waals surface area contributed by atoms with E-state index in [1.54, 1.807) is 14.1 Å². The van der Waals surface area contributed by atoms with E-state index >= 15 is 0 Å². The summed E-state index contributed by atoms with van der Waals surface area (Å²) in [6.07, 6.45) is 0. The smallest absolute Gasteiger partial charge is 0.325 e. The number of likely N-dealkylation sites (N-methyl/N-ethyl adjacent to an activating group) is 1. The van der Waals surface area contributed by atoms with Crippen LogP contribution in [0.25, 0.3) is 0 Å². The van der Waals surface area contributed by atoms with Crippen molar-refractivity contribution in [3.05, 3.63) is 34.6 Å². The first kappa shape index (κ1) is 16.4. The number of hydrogen-bond donors (Lipinski definition) is 2. The van der Waals surface area contributed by atoms with Crippen LogP contribution in [0, 0.1) is 5.82 Å². The van der Waals surface area contributed by atoms with Crippen LogP contribution in [0.5, 0.6) is 0 Å². The summed E-state index contributed by atoms with van der Waals surface area (Å²) in [4.78, 5) is 24.4. The summed E-state index contributed by atoms with van der Waals surface area (Å²) in [6, 6.07) is 2.03. The Labute approximate surface area is 121 Å². The first-order valence-corrected chi connectivity index (χ1v) is 6.27. The Kier molecular flexibility index (Phi) is 5.47. The van der Waals surface area contributed by atoms with Gasteiger partial charge in [0, 0.05) is 10.6 Å². The molecule has 110 valence electrons. The van der Waals surface area contributed by atoms with Gasteiger partial charge in [-0.05, 0) is 33.2 Å². The fourth-order valence-electron chi connectivity index (χ4n) is 1.75. The number of benzene rings is 1. The number of hydrogen-bond acceptors (Lipinski definition) is 3. The lowest BCUT2D eigenvalue weighted by molar-refractivity contribution is -0.142. The molecule has 2 atom stereocenters. The van der Waals surface area contributed by atoms with Crippen LogP contribution in [-0.2, 0) is 9.59 Å². The second-order valence-electron chi connectivity index (χ2n) is 4.57. The van der Waals surface area contributed by atoms with Crippen molar-refractivity contribution < 1.29 is 19.1 Å². The number of nitrogens with zero attached hydrogens (tertiary/aromatic N) is 1. The van der Waals surface area contributed by atoms with Crippen LogP contribution in [0.2, 0.25) is 5.02 Å². The van der Waals surface area contributed by atoms with Crippen LogP contribution in [0.15, 0.2) is 18.2 Å². The van der Waals surface area contributed by atoms with Crippen LogP contribution >= 0.6 is 11.6 Å². The molecule has 5 nitrogen and oxygen atoms in total. The summed E-state index contributed by atoms with van der Waals surface area (Å²) in [7, 11) is 3.16. The van der Waals surface area contributed by atoms with Crippen molar-refractivity contribution in [2.75, 3.05) is 14.1 Å². The molecular weight excluding hydrogens is 287 g/mol. The number of carboxylic acids is 1. The Morgan fingerprint density at radius 2 is 2.00 bits per heavy atom. The van der Waals surface area contributed by atoms with Crippen LogP contribution < -0.4 is 5.32 Å². The Hall–Kier alpha value is -1.66. The summed E-state index contributed by atoms with van der Waals surface area (Å²) in [5.41, 5.74) is 0.0225. The number of amides is 1. The van der Waals surface area contributed by atoms with Gasteiger partial charge in [0.1, 0.15) is 17.9 Å². The molecule has 0 aliphatic heterocycles. The van der Waals surface area contributed by atoms with Gasteiger partial charge in [-0.2, -0.15) is 0 Å². The maximum absolute atomic E-state index is 13.9. The van der Waals surface area contributed by atoms with Crippen molar-refractivity contribution in [3.63, 3.8) is 0 Å². The molecule has 0 bridgehead atoms. The molecule has 1 unspecified atom stereocenters. The van der Waals surface area contributed by atoms with Crippen molar-refractivity contribution in [2.45, 2.75) is 19.0 Å². The fraction of sp³-hybridized carbons (Fsp3) is 0.385. The van der Waals surface area contributed by atoms with Gasteiger partial charge in [0.05, 0.1) is 0 Å². The molecule has 1 amide bonds. The summed E-state index contributed by atoms with van der Waals surface area (Å²) in [6.45, 7) is 1.33. The molecule has 0 radical (unpaired) electrons. The van der Waals surface area contributed by atoms with Gasteiger partial charge in [0.15, 0.2) is 0 Å². The fourth-order valence-corrected chi connectivity index (χ4v) is 2.02. The maximum Gasteiger partial charge on any atom is 0.325 e. The van der Waals surface area contributed by atoms with E-state index < -0.39 is 29.8 Å². The quantitative estimate of drug-likeness (QED) is 0.868. The van der Waals surface area contributed by atoms with Crippen molar-refractivity contribution in [3.8, 4) is 0 Å². The average molecular weight is 303 g/mol. The summed E-state index contributed by atoms with van der Waals surface area (Å²) in [5.74, 6) is -2.42. The minimum atomic E-state index is -1.17. The van der Waals surface area contributed by atoms with Crippen molar-refractivity contribution in [1.82, 2.24) is 10.2 Å². The van der Waals surface area contributed by atoms with Crippen LogP contribution in [0.4, 0.5) is 4.39 Å². The van der Waals surface area contributed by atoms with E-state index in [0.717, 1.165) is 0 Å². The highest BCUT2D eigenvalue weighted by Crippen LogP contribution is 2.29. The topological polar surface area (TPSA) is 69.6 Å². The first-order chi connectivity index (χ1) is 9.25. The Morgan fingerprint density at radius 3 is 2.45 bits per heavy atom. The molecule has 0 saturated carbocycles. The number of nitrogens with one attached hydrogen (secondary N) is 1. The van der Waals surface area contributed by atoms with Gasteiger partial charge in [0.25, 0.3) is 0 Å². The number of halogens is 2. The molecule has 0 aromatic heterocycles. The number of rotatable bonds is 5. The molecular formula is C13H16ClFN2O3. The van der Waals surface area contributed by atoms with Crippen LogP contribution in [0.3, 0.4) is 0 Å². The molecule has 0 heterocycles. The zero-order valence-corrected chi connectivity index (χ0v) is 12.1. The molecule has 0 spiro atoms. The molecule has 0 saturated heterocycles. The minimum absolute atomic E-state index is 0.0225. The van der Waals surface area contributed by atoms with Crippen molar-refractivity contribution in [2.24, 2.45) is 0 Å². The number of aliphatic carboxylic acids is 1. The van der Waals surface area contributed by atoms with E-state index in [1.165, 1.54) is 30.0 Å². The number of carbonyl (C=O) groups is 2. The predicted octanol–water partition coefficient (Wildman–Crippen LogP) is 1.67. The summed E-state index contributed by atoms with van der Waals surface area (Å²) >= 11 is 5.95. The van der Waals surface area contributed by atoms with Gasteiger partial charge in [-0.1, -0.05) is 17.7 Å². The third-order valence-corrected chi connectivity index (χ3v) is 3.10. The average Bonchev–Trinajstić information content (AvgIpc) is 2.32. The highest BCUT2D eigenvalue weighted by Gasteiger charge is 2.29. The predicted molar refractivity (Wildman–Crippen MR) is 73.1 cm³/mol. The van der Waals surface area contributed by atoms with Crippen LogP contribution in [-0.4, -0.2) is 42.0 Å². The Bertz CT molecular complexity index is 502. The van der Waals surface area contributed by atoms with Crippen LogP contribution in [0.1, 0.15) is 18.5 Å². The lowest BCUT2D eigenvalue weighted by Crippen LogP contribution is -2.44. The van der Waals surface area contributed by atoms with Gasteiger partial charge < -0.3 is 10.4 Å². The number of carbonyl (C=O) groups excluding carboxylic acids is 1. The lowest BCUT2D eigenvalue weighted by Gasteiger charge is -2.26. The van der Waals surface area contributed by atoms with Crippen molar-refractivity contribution >= 4 is 23.5 Å². The highest BCUT2D eigenvalue weighted by molar-refractivity contribution is 6.31. The highest BCUT2D eigenvalue weighted by atomic mass is 35.5. The first-order valence-electron chi connectivity index (χ1n) is 5.89. The third-order valence-electron chi connectivity index (χ3n) is 2.77. The normalized spacial score (nSPS) is 13.9. The molecule has 20 heavy (non-hydrogen) atoms. The number of carboxylic acid groups (broad SMARTS) is 1. The van der Waals surface area contributed by atoms with E-state index in [9.17, 15) is 14.0 Å². The molecule has 1 aromatic rings. The second kappa shape index (κ2) is 6.67. The zero-order chi connectivity index (χ0) is 15.4. The maximum atomic E-state index is 13.9. The van der Waals surface area contributed by atoms with Gasteiger partial charge >= 0.3 is 5.97 Å². The van der Waals surface area contributed by atoms with Gasteiger partial charge in [-0.25, -0.2) is 4.39 Å². The largest absolute Gasteiger partial charge is 0.480 e. The monoisotopic (exact) mass is 302 g/mol. The molecule has 7 heteroatoms. The Morgan fingerprint density at radius 1 is 1.40 bits per heavy atom. The van der Waals surface area contributed by atoms with E-state index in [-0.39, 0.29) is 10.6 Å². The molecule has 2 N–H and O–H groups in total. The standard InChI is InChI=1S/C13H16ClFN2O3/c1-7(13(19)20)16-12(18)11(17(2)3)10-8(14)5-4-6-9(10)15/h4-7,11H,1-3H3,(H,16,18)(H,19,20)/t7-,11?/m1/s1. The van der Waals surface area contributed by atoms with E-state index in [2.05, 4.69) is 5.32 Å². The molecule has 0 aliphatic rings. The third kappa shape index (κ3) is 3.68. The van der Waals surface area contributed by atoms with Crippen molar-refractivity contribution in [1.29, 1.82) is 0 Å². The lowest BCUT2D eigenvalue weighted by atomic mass is 10.0. The van der Waals surface area contributed by atoms with Gasteiger partial charge in [0.2, 0.25) is 5.91 Å². The van der Waals surface area contributed by atoms with E-state index in [0.29, 0.717) is 0 Å². The van der Waals surface area contributed by atoms with Gasteiger partial charge in [-0.15, -0.1) is 0 Å². The second-order valence-corrected chi connectivity index (χ2v) is 4.98.